The second-order valence-corrected chi connectivity index (χ2v) is 7.85. The maximum atomic E-state index is 14.8. The summed E-state index contributed by atoms with van der Waals surface area (Å²) in [7, 11) is 0. The fraction of sp³-hybridized carbons (Fsp3) is 0.286. The summed E-state index contributed by atoms with van der Waals surface area (Å²) in [6.45, 7) is 4.86. The van der Waals surface area contributed by atoms with Crippen LogP contribution in [0.15, 0.2) is 52.1 Å². The van der Waals surface area contributed by atoms with Crippen LogP contribution in [0.4, 0.5) is 20.3 Å². The monoisotopic (exact) mass is 416 g/mol. The van der Waals surface area contributed by atoms with Crippen LogP contribution in [-0.2, 0) is 13.1 Å². The molecular formula is C21H22F2N4OS. The molecule has 2 aromatic carbocycles. The molecule has 1 aliphatic rings. The highest BCUT2D eigenvalue weighted by atomic mass is 32.2. The molecule has 0 aliphatic carbocycles. The summed E-state index contributed by atoms with van der Waals surface area (Å²) in [5.41, 5.74) is 2.73. The zero-order chi connectivity index (χ0) is 20.2. The van der Waals surface area contributed by atoms with E-state index in [9.17, 15) is 8.78 Å². The van der Waals surface area contributed by atoms with Crippen molar-refractivity contribution < 1.29 is 13.3 Å². The molecule has 29 heavy (non-hydrogen) atoms. The minimum absolute atomic E-state index is 0.238. The fourth-order valence-electron chi connectivity index (χ4n) is 3.22. The van der Waals surface area contributed by atoms with E-state index in [0.717, 1.165) is 37.1 Å². The third-order valence-corrected chi connectivity index (χ3v) is 5.91. The van der Waals surface area contributed by atoms with Crippen LogP contribution in [0.2, 0.25) is 0 Å². The van der Waals surface area contributed by atoms with Crippen molar-refractivity contribution in [2.45, 2.75) is 31.3 Å². The third kappa shape index (κ3) is 4.54. The lowest BCUT2D eigenvalue weighted by Crippen LogP contribution is -2.36. The number of aromatic nitrogens is 1. The van der Waals surface area contributed by atoms with Crippen LogP contribution in [0.3, 0.4) is 0 Å². The van der Waals surface area contributed by atoms with Crippen molar-refractivity contribution in [3.8, 4) is 0 Å². The average Bonchev–Trinajstić information content (AvgIpc) is 3.20. The first-order valence-corrected chi connectivity index (χ1v) is 10.3. The Morgan fingerprint density at radius 3 is 2.76 bits per heavy atom. The van der Waals surface area contributed by atoms with Gasteiger partial charge in [0, 0.05) is 36.0 Å². The van der Waals surface area contributed by atoms with Crippen molar-refractivity contribution in [1.29, 1.82) is 0 Å². The number of hydrogen-bond acceptors (Lipinski definition) is 6. The van der Waals surface area contributed by atoms with Gasteiger partial charge in [-0.1, -0.05) is 17.3 Å². The van der Waals surface area contributed by atoms with Gasteiger partial charge < -0.3 is 14.6 Å². The molecule has 152 valence electrons. The van der Waals surface area contributed by atoms with Crippen LogP contribution in [0.5, 0.6) is 0 Å². The molecule has 1 aromatic heterocycles. The Bertz CT molecular complexity index is 977. The van der Waals surface area contributed by atoms with Gasteiger partial charge in [0.2, 0.25) is 0 Å². The smallest absolute Gasteiger partial charge is 0.179 e. The Hall–Kier alpha value is -2.58. The van der Waals surface area contributed by atoms with E-state index in [1.165, 1.54) is 18.8 Å². The van der Waals surface area contributed by atoms with Gasteiger partial charge in [-0.2, -0.15) is 0 Å². The Morgan fingerprint density at radius 1 is 1.17 bits per heavy atom. The molecule has 1 fully saturated rings. The molecule has 0 amide bonds. The van der Waals surface area contributed by atoms with Crippen molar-refractivity contribution in [2.75, 3.05) is 23.1 Å². The Labute approximate surface area is 172 Å². The van der Waals surface area contributed by atoms with Gasteiger partial charge >= 0.3 is 0 Å². The molecule has 0 saturated carbocycles. The SMILES string of the molecule is Cc1c(NCc2c(F)cccc2CN2CCC2)ccc(SNc2ccon2)c1F. The fourth-order valence-corrected chi connectivity index (χ4v) is 3.92. The number of hydrogen-bond donors (Lipinski definition) is 2. The normalized spacial score (nSPS) is 13.9. The summed E-state index contributed by atoms with van der Waals surface area (Å²) < 4.78 is 36.9. The summed E-state index contributed by atoms with van der Waals surface area (Å²) in [4.78, 5) is 2.73. The minimum atomic E-state index is -0.328. The predicted octanol–water partition coefficient (Wildman–Crippen LogP) is 5.20. The van der Waals surface area contributed by atoms with Gasteiger partial charge in [0.25, 0.3) is 0 Å². The standard InChI is InChI=1S/C21H22F2N4OS/c1-14-18(6-7-19(21(14)23)29-26-20-8-11-28-25-20)24-12-16-15(4-2-5-17(16)22)13-27-9-3-10-27/h2,4-8,11,24H,3,9-10,12-13H2,1H3,(H,25,26). The number of anilines is 2. The van der Waals surface area contributed by atoms with Gasteiger partial charge in [-0.05, 0) is 62.1 Å². The predicted molar refractivity (Wildman–Crippen MR) is 111 cm³/mol. The summed E-state index contributed by atoms with van der Waals surface area (Å²) in [5, 5.41) is 6.93. The lowest BCUT2D eigenvalue weighted by Gasteiger charge is -2.31. The number of nitrogens with one attached hydrogen (secondary N) is 2. The van der Waals surface area contributed by atoms with Gasteiger partial charge in [0.15, 0.2) is 5.82 Å². The van der Waals surface area contributed by atoms with E-state index in [1.807, 2.05) is 6.07 Å². The van der Waals surface area contributed by atoms with E-state index in [-0.39, 0.29) is 11.6 Å². The lowest BCUT2D eigenvalue weighted by molar-refractivity contribution is 0.172. The number of nitrogens with zero attached hydrogens (tertiary/aromatic N) is 2. The Balaban J connectivity index is 1.45. The van der Waals surface area contributed by atoms with E-state index in [2.05, 4.69) is 20.1 Å². The molecule has 0 bridgehead atoms. The first-order valence-electron chi connectivity index (χ1n) is 9.46. The van der Waals surface area contributed by atoms with Crippen LogP contribution >= 0.6 is 11.9 Å². The average molecular weight is 416 g/mol. The summed E-state index contributed by atoms with van der Waals surface area (Å²) >= 11 is 1.12. The van der Waals surface area contributed by atoms with Gasteiger partial charge in [-0.3, -0.25) is 4.90 Å². The number of likely N-dealkylation sites (tertiary alicyclic amines) is 1. The highest BCUT2D eigenvalue weighted by Gasteiger charge is 2.18. The molecule has 0 unspecified atom stereocenters. The number of halogens is 2. The van der Waals surface area contributed by atoms with Crippen molar-refractivity contribution in [3.05, 3.63) is 71.0 Å². The molecule has 4 rings (SSSR count). The topological polar surface area (TPSA) is 53.3 Å². The highest BCUT2D eigenvalue weighted by molar-refractivity contribution is 8.00. The van der Waals surface area contributed by atoms with Crippen molar-refractivity contribution in [3.63, 3.8) is 0 Å². The van der Waals surface area contributed by atoms with Crippen molar-refractivity contribution in [1.82, 2.24) is 10.1 Å². The van der Waals surface area contributed by atoms with Crippen LogP contribution < -0.4 is 10.0 Å². The molecule has 1 aliphatic heterocycles. The molecule has 0 radical (unpaired) electrons. The maximum absolute atomic E-state index is 14.8. The van der Waals surface area contributed by atoms with Gasteiger partial charge in [-0.15, -0.1) is 0 Å². The summed E-state index contributed by atoms with van der Waals surface area (Å²) in [5.74, 6) is -0.0495. The van der Waals surface area contributed by atoms with Crippen LogP contribution in [0.1, 0.15) is 23.1 Å². The van der Waals surface area contributed by atoms with E-state index in [0.29, 0.717) is 34.1 Å². The molecule has 5 nitrogen and oxygen atoms in total. The van der Waals surface area contributed by atoms with Gasteiger partial charge in [0.1, 0.15) is 17.9 Å². The molecule has 2 N–H and O–H groups in total. The first kappa shape index (κ1) is 19.7. The van der Waals surface area contributed by atoms with Crippen LogP contribution in [0, 0.1) is 18.6 Å². The molecular weight excluding hydrogens is 394 g/mol. The third-order valence-electron chi connectivity index (χ3n) is 5.07. The molecule has 2 heterocycles. The first-order chi connectivity index (χ1) is 14.1. The lowest BCUT2D eigenvalue weighted by atomic mass is 10.0. The quantitative estimate of drug-likeness (QED) is 0.493. The Kier molecular flexibility index (Phi) is 6.01. The zero-order valence-electron chi connectivity index (χ0n) is 16.0. The number of benzene rings is 2. The van der Waals surface area contributed by atoms with E-state index >= 15 is 0 Å². The van der Waals surface area contributed by atoms with Crippen molar-refractivity contribution in [2.24, 2.45) is 0 Å². The summed E-state index contributed by atoms with van der Waals surface area (Å²) in [6.07, 6.45) is 2.63. The van der Waals surface area contributed by atoms with E-state index < -0.39 is 0 Å². The van der Waals surface area contributed by atoms with E-state index in [1.54, 1.807) is 31.2 Å². The van der Waals surface area contributed by atoms with Crippen molar-refractivity contribution >= 4 is 23.5 Å². The number of rotatable bonds is 8. The second kappa shape index (κ2) is 8.84. The highest BCUT2D eigenvalue weighted by Crippen LogP contribution is 2.30. The van der Waals surface area contributed by atoms with Crippen LogP contribution in [0.25, 0.3) is 0 Å². The maximum Gasteiger partial charge on any atom is 0.179 e. The molecule has 1 saturated heterocycles. The zero-order valence-corrected chi connectivity index (χ0v) is 16.9. The molecule has 0 atom stereocenters. The Morgan fingerprint density at radius 2 is 2.03 bits per heavy atom. The van der Waals surface area contributed by atoms with Crippen LogP contribution in [-0.4, -0.2) is 23.1 Å². The van der Waals surface area contributed by atoms with Gasteiger partial charge in [0.05, 0.1) is 4.90 Å². The van der Waals surface area contributed by atoms with Gasteiger partial charge in [-0.25, -0.2) is 8.78 Å². The molecule has 0 spiro atoms. The summed E-state index contributed by atoms with van der Waals surface area (Å²) in [6, 6.07) is 10.3. The molecule has 8 heteroatoms. The second-order valence-electron chi connectivity index (χ2n) is 7.00. The van der Waals surface area contributed by atoms with E-state index in [4.69, 9.17) is 4.52 Å². The minimum Gasteiger partial charge on any atom is -0.381 e. The molecule has 3 aromatic rings. The largest absolute Gasteiger partial charge is 0.381 e.